The van der Waals surface area contributed by atoms with Gasteiger partial charge in [-0.25, -0.2) is 0 Å². The Bertz CT molecular complexity index is 423. The average molecular weight is 233 g/mol. The number of halogens is 3. The lowest BCUT2D eigenvalue weighted by atomic mass is 10.1. The molecule has 0 spiro atoms. The van der Waals surface area contributed by atoms with E-state index in [2.05, 4.69) is 12.6 Å². The van der Waals surface area contributed by atoms with E-state index in [1.807, 2.05) is 0 Å². The Labute approximate surface area is 89.7 Å². The van der Waals surface area contributed by atoms with Gasteiger partial charge in [0.1, 0.15) is 11.6 Å². The van der Waals surface area contributed by atoms with Gasteiger partial charge < -0.3 is 4.74 Å². The van der Waals surface area contributed by atoms with Crippen molar-refractivity contribution in [3.8, 4) is 11.8 Å². The normalized spacial score (nSPS) is 10.9. The molecule has 0 aromatic heterocycles. The molecule has 0 atom stereocenters. The number of thiol groups is 1. The summed E-state index contributed by atoms with van der Waals surface area (Å²) in [6.45, 7) is 0. The Morgan fingerprint density at radius 2 is 2.00 bits per heavy atom. The molecule has 0 saturated carbocycles. The summed E-state index contributed by atoms with van der Waals surface area (Å²) in [4.78, 5) is 0.196. The molecule has 0 fully saturated rings. The molecule has 0 bridgehead atoms. The van der Waals surface area contributed by atoms with Gasteiger partial charge in [0.05, 0.1) is 12.7 Å². The predicted molar refractivity (Wildman–Crippen MR) is 50.0 cm³/mol. The number of ether oxygens (including phenoxy) is 1. The molecule has 0 aliphatic heterocycles. The smallest absolute Gasteiger partial charge is 0.417 e. The predicted octanol–water partition coefficient (Wildman–Crippen LogP) is 2.87. The number of nitriles is 1. The summed E-state index contributed by atoms with van der Waals surface area (Å²) < 4.78 is 42.1. The van der Waals surface area contributed by atoms with Crippen molar-refractivity contribution in [2.75, 3.05) is 7.11 Å². The summed E-state index contributed by atoms with van der Waals surface area (Å²) in [5, 5.41) is 8.65. The van der Waals surface area contributed by atoms with Gasteiger partial charge in [-0.3, -0.25) is 0 Å². The summed E-state index contributed by atoms with van der Waals surface area (Å²) in [6.07, 6.45) is -4.57. The van der Waals surface area contributed by atoms with Gasteiger partial charge in [0.25, 0.3) is 0 Å². The zero-order chi connectivity index (χ0) is 11.6. The molecule has 6 heteroatoms. The molecule has 0 radical (unpaired) electrons. The number of nitrogens with zero attached hydrogens (tertiary/aromatic N) is 1. The second kappa shape index (κ2) is 4.03. The van der Waals surface area contributed by atoms with Crippen molar-refractivity contribution in [3.05, 3.63) is 23.3 Å². The van der Waals surface area contributed by atoms with Crippen molar-refractivity contribution in [3.63, 3.8) is 0 Å². The molecule has 0 aliphatic rings. The van der Waals surface area contributed by atoms with Gasteiger partial charge in [-0.2, -0.15) is 18.4 Å². The van der Waals surface area contributed by atoms with Crippen LogP contribution in [0.2, 0.25) is 0 Å². The lowest BCUT2D eigenvalue weighted by Crippen LogP contribution is -2.09. The first-order valence-electron chi connectivity index (χ1n) is 3.79. The Morgan fingerprint density at radius 1 is 1.40 bits per heavy atom. The molecule has 0 amide bonds. The molecule has 0 saturated heterocycles. The van der Waals surface area contributed by atoms with Crippen molar-refractivity contribution >= 4 is 12.6 Å². The average Bonchev–Trinajstić information content (AvgIpc) is 2.15. The lowest BCUT2D eigenvalue weighted by Gasteiger charge is -2.12. The molecule has 15 heavy (non-hydrogen) atoms. The van der Waals surface area contributed by atoms with Crippen LogP contribution in [0.15, 0.2) is 17.0 Å². The first kappa shape index (κ1) is 11.7. The number of benzene rings is 1. The number of alkyl halides is 3. The van der Waals surface area contributed by atoms with Crippen molar-refractivity contribution in [1.82, 2.24) is 0 Å². The summed E-state index contributed by atoms with van der Waals surface area (Å²) in [6, 6.07) is 3.42. The third-order valence-corrected chi connectivity index (χ3v) is 2.11. The summed E-state index contributed by atoms with van der Waals surface area (Å²) in [5.41, 5.74) is -1.56. The number of hydrogen-bond donors (Lipinski definition) is 1. The van der Waals surface area contributed by atoms with E-state index in [1.165, 1.54) is 13.2 Å². The van der Waals surface area contributed by atoms with Gasteiger partial charge in [-0.05, 0) is 12.1 Å². The molecule has 1 aromatic carbocycles. The van der Waals surface area contributed by atoms with Crippen molar-refractivity contribution in [2.45, 2.75) is 11.1 Å². The van der Waals surface area contributed by atoms with Gasteiger partial charge in [-0.1, -0.05) is 0 Å². The Balaban J connectivity index is 3.51. The molecule has 0 N–H and O–H groups in total. The van der Waals surface area contributed by atoms with Crippen molar-refractivity contribution in [1.29, 1.82) is 5.26 Å². The standard InChI is InChI=1S/C9H6F3NOS/c1-14-8-5(4-13)6(9(10,11)12)2-3-7(8)15/h2-3,15H,1H3. The van der Waals surface area contributed by atoms with E-state index in [4.69, 9.17) is 10.00 Å². The van der Waals surface area contributed by atoms with E-state index in [9.17, 15) is 13.2 Å². The topological polar surface area (TPSA) is 33.0 Å². The Kier molecular flexibility index (Phi) is 3.15. The van der Waals surface area contributed by atoms with E-state index in [1.54, 1.807) is 0 Å². The molecular weight excluding hydrogens is 227 g/mol. The van der Waals surface area contributed by atoms with Gasteiger partial charge in [0.15, 0.2) is 5.75 Å². The van der Waals surface area contributed by atoms with E-state index >= 15 is 0 Å². The van der Waals surface area contributed by atoms with Gasteiger partial charge >= 0.3 is 6.18 Å². The van der Waals surface area contributed by atoms with Crippen molar-refractivity contribution in [2.24, 2.45) is 0 Å². The van der Waals surface area contributed by atoms with Gasteiger partial charge in [0, 0.05) is 4.90 Å². The van der Waals surface area contributed by atoms with Crippen LogP contribution in [0.5, 0.6) is 5.75 Å². The second-order valence-corrected chi connectivity index (χ2v) is 3.13. The third-order valence-electron chi connectivity index (χ3n) is 1.76. The van der Waals surface area contributed by atoms with Crippen LogP contribution in [0.1, 0.15) is 11.1 Å². The highest BCUT2D eigenvalue weighted by Gasteiger charge is 2.35. The van der Waals surface area contributed by atoms with E-state index in [0.717, 1.165) is 12.1 Å². The minimum atomic E-state index is -4.57. The maximum absolute atomic E-state index is 12.5. The Hall–Kier alpha value is -1.35. The van der Waals surface area contributed by atoms with Crippen LogP contribution in [0, 0.1) is 11.3 Å². The minimum Gasteiger partial charge on any atom is -0.494 e. The van der Waals surface area contributed by atoms with Crippen LogP contribution in [0.3, 0.4) is 0 Å². The monoisotopic (exact) mass is 233 g/mol. The lowest BCUT2D eigenvalue weighted by molar-refractivity contribution is -0.137. The molecule has 0 aliphatic carbocycles. The van der Waals surface area contributed by atoms with Crippen LogP contribution in [0.25, 0.3) is 0 Å². The first-order chi connectivity index (χ1) is 6.91. The molecule has 2 nitrogen and oxygen atoms in total. The van der Waals surface area contributed by atoms with E-state index in [-0.39, 0.29) is 10.6 Å². The fourth-order valence-corrected chi connectivity index (χ4v) is 1.40. The minimum absolute atomic E-state index is 0.157. The SMILES string of the molecule is COc1c(S)ccc(C(F)(F)F)c1C#N. The van der Waals surface area contributed by atoms with E-state index < -0.39 is 17.3 Å². The van der Waals surface area contributed by atoms with E-state index in [0.29, 0.717) is 0 Å². The van der Waals surface area contributed by atoms with Crippen molar-refractivity contribution < 1.29 is 17.9 Å². The molecular formula is C9H6F3NOS. The fraction of sp³-hybridized carbons (Fsp3) is 0.222. The fourth-order valence-electron chi connectivity index (χ4n) is 1.13. The summed E-state index contributed by atoms with van der Waals surface area (Å²) >= 11 is 3.90. The maximum Gasteiger partial charge on any atom is 0.417 e. The molecule has 1 rings (SSSR count). The second-order valence-electron chi connectivity index (χ2n) is 2.65. The van der Waals surface area contributed by atoms with Gasteiger partial charge in [-0.15, -0.1) is 12.6 Å². The zero-order valence-electron chi connectivity index (χ0n) is 7.59. The quantitative estimate of drug-likeness (QED) is 0.756. The van der Waals surface area contributed by atoms with Crippen LogP contribution in [-0.2, 0) is 6.18 Å². The number of rotatable bonds is 1. The molecule has 0 unspecified atom stereocenters. The largest absolute Gasteiger partial charge is 0.494 e. The van der Waals surface area contributed by atoms with Gasteiger partial charge in [0.2, 0.25) is 0 Å². The van der Waals surface area contributed by atoms with Crippen LogP contribution >= 0.6 is 12.6 Å². The third kappa shape index (κ3) is 2.18. The number of methoxy groups -OCH3 is 1. The van der Waals surface area contributed by atoms with Crippen LogP contribution in [-0.4, -0.2) is 7.11 Å². The molecule has 80 valence electrons. The Morgan fingerprint density at radius 3 is 2.40 bits per heavy atom. The zero-order valence-corrected chi connectivity index (χ0v) is 8.49. The highest BCUT2D eigenvalue weighted by molar-refractivity contribution is 7.80. The molecule has 1 aromatic rings. The highest BCUT2D eigenvalue weighted by atomic mass is 32.1. The highest BCUT2D eigenvalue weighted by Crippen LogP contribution is 2.38. The molecule has 0 heterocycles. The van der Waals surface area contributed by atoms with Crippen LogP contribution < -0.4 is 4.74 Å². The first-order valence-corrected chi connectivity index (χ1v) is 4.23. The summed E-state index contributed by atoms with van der Waals surface area (Å²) in [7, 11) is 1.19. The van der Waals surface area contributed by atoms with Crippen LogP contribution in [0.4, 0.5) is 13.2 Å². The summed E-state index contributed by atoms with van der Waals surface area (Å²) in [5.74, 6) is -0.157. The maximum atomic E-state index is 12.5. The number of hydrogen-bond acceptors (Lipinski definition) is 3.